The molecule has 0 N–H and O–H groups in total. The molecular weight excluding hydrogens is 452 g/mol. The molecule has 0 saturated heterocycles. The Hall–Kier alpha value is -3.84. The van der Waals surface area contributed by atoms with E-state index in [2.05, 4.69) is 38.1 Å². The lowest BCUT2D eigenvalue weighted by Gasteiger charge is -2.50. The minimum absolute atomic E-state index is 0.174. The Balaban J connectivity index is 1.47. The van der Waals surface area contributed by atoms with Crippen molar-refractivity contribution in [3.8, 4) is 40.2 Å². The number of nitriles is 1. The van der Waals surface area contributed by atoms with Crippen LogP contribution < -0.4 is 0 Å². The first-order valence-corrected chi connectivity index (χ1v) is 13.4. The monoisotopic (exact) mass is 484 g/mol. The maximum absolute atomic E-state index is 10.3. The summed E-state index contributed by atoms with van der Waals surface area (Å²) >= 11 is 0. The molecular formula is C33H32N4. The van der Waals surface area contributed by atoms with Crippen molar-refractivity contribution < 1.29 is 0 Å². The molecule has 2 fully saturated rings. The van der Waals surface area contributed by atoms with Gasteiger partial charge in [-0.2, -0.15) is 5.26 Å². The summed E-state index contributed by atoms with van der Waals surface area (Å²) in [6.07, 6.45) is 6.34. The van der Waals surface area contributed by atoms with Gasteiger partial charge in [-0.25, -0.2) is 15.0 Å². The molecule has 1 heterocycles. The van der Waals surface area contributed by atoms with Crippen molar-refractivity contribution in [3.63, 3.8) is 0 Å². The third-order valence-electron chi connectivity index (χ3n) is 8.32. The first-order valence-electron chi connectivity index (χ1n) is 13.4. The lowest BCUT2D eigenvalue weighted by molar-refractivity contribution is 0.0780. The van der Waals surface area contributed by atoms with Gasteiger partial charge in [0.05, 0.1) is 11.6 Å². The maximum Gasteiger partial charge on any atom is 0.165 e. The highest BCUT2D eigenvalue weighted by atomic mass is 15.0. The third-order valence-corrected chi connectivity index (χ3v) is 8.32. The first-order chi connectivity index (χ1) is 18.0. The van der Waals surface area contributed by atoms with Crippen LogP contribution in [0.25, 0.3) is 34.2 Å². The molecule has 4 heteroatoms. The van der Waals surface area contributed by atoms with Gasteiger partial charge in [0.1, 0.15) is 0 Å². The first kappa shape index (κ1) is 23.6. The van der Waals surface area contributed by atoms with Crippen LogP contribution in [0.3, 0.4) is 0 Å². The molecule has 37 heavy (non-hydrogen) atoms. The minimum atomic E-state index is 0.174. The molecule has 2 aliphatic carbocycles. The van der Waals surface area contributed by atoms with E-state index in [-0.39, 0.29) is 5.41 Å². The average molecular weight is 485 g/mol. The van der Waals surface area contributed by atoms with Gasteiger partial charge in [-0.1, -0.05) is 80.6 Å². The number of rotatable bonds is 4. The molecule has 2 bridgehead atoms. The van der Waals surface area contributed by atoms with Crippen LogP contribution in [0.2, 0.25) is 0 Å². The van der Waals surface area contributed by atoms with Gasteiger partial charge < -0.3 is 0 Å². The maximum atomic E-state index is 10.3. The number of benzene rings is 3. The number of hydrogen-bond acceptors (Lipinski definition) is 4. The van der Waals surface area contributed by atoms with E-state index in [0.29, 0.717) is 23.0 Å². The Bertz CT molecular complexity index is 1380. The molecule has 0 spiro atoms. The minimum Gasteiger partial charge on any atom is -0.208 e. The molecule has 4 aromatic rings. The van der Waals surface area contributed by atoms with E-state index in [0.717, 1.165) is 34.4 Å². The smallest absolute Gasteiger partial charge is 0.165 e. The number of hydrogen-bond donors (Lipinski definition) is 0. The van der Waals surface area contributed by atoms with Gasteiger partial charge in [-0.3, -0.25) is 0 Å². The second-order valence-electron chi connectivity index (χ2n) is 11.4. The van der Waals surface area contributed by atoms with Gasteiger partial charge in [0.2, 0.25) is 0 Å². The molecule has 0 radical (unpaired) electrons. The number of fused-ring (bicyclic) bond motifs is 2. The van der Waals surface area contributed by atoms with Crippen LogP contribution >= 0.6 is 0 Å². The highest BCUT2D eigenvalue weighted by molar-refractivity contribution is 5.70. The molecule has 3 aromatic carbocycles. The van der Waals surface area contributed by atoms with Crippen LogP contribution in [0.1, 0.15) is 57.1 Å². The van der Waals surface area contributed by atoms with Crippen molar-refractivity contribution in [2.24, 2.45) is 17.8 Å². The summed E-state index contributed by atoms with van der Waals surface area (Å²) in [4.78, 5) is 14.5. The van der Waals surface area contributed by atoms with Gasteiger partial charge in [0.15, 0.2) is 17.5 Å². The third kappa shape index (κ3) is 4.55. The van der Waals surface area contributed by atoms with Crippen LogP contribution in [0.5, 0.6) is 0 Å². The zero-order chi connectivity index (χ0) is 25.4. The van der Waals surface area contributed by atoms with Crippen molar-refractivity contribution in [1.29, 1.82) is 5.26 Å². The second kappa shape index (κ2) is 9.56. The normalized spacial score (nSPS) is 24.8. The van der Waals surface area contributed by atoms with Crippen molar-refractivity contribution >= 4 is 0 Å². The number of aromatic nitrogens is 3. The predicted octanol–water partition coefficient (Wildman–Crippen LogP) is 7.85. The summed E-state index contributed by atoms with van der Waals surface area (Å²) in [7, 11) is 0. The summed E-state index contributed by atoms with van der Waals surface area (Å²) in [5.74, 6) is 4.01. The highest BCUT2D eigenvalue weighted by Gasteiger charge is 2.45. The van der Waals surface area contributed by atoms with E-state index in [1.54, 1.807) is 0 Å². The standard InChI is InChI=1S/C33H32N4/c1-22-15-24-16-23(2)19-33(18-22,20-24)28-13-14-29(27(17-28)21-34)32-36-30(25-9-5-3-6-10-25)35-31(37-32)26-11-7-4-8-12-26/h3-14,17,22-24H,15-16,18-20H2,1-2H3/t22-,23+,24-,33?. The lowest BCUT2D eigenvalue weighted by Crippen LogP contribution is -2.42. The fraction of sp³-hybridized carbons (Fsp3) is 0.333. The topological polar surface area (TPSA) is 62.5 Å². The Morgan fingerprint density at radius 2 is 1.24 bits per heavy atom. The van der Waals surface area contributed by atoms with Crippen LogP contribution in [0, 0.1) is 29.1 Å². The fourth-order valence-corrected chi connectivity index (χ4v) is 7.15. The molecule has 2 aliphatic rings. The van der Waals surface area contributed by atoms with E-state index in [9.17, 15) is 5.26 Å². The van der Waals surface area contributed by atoms with E-state index < -0.39 is 0 Å². The molecule has 184 valence electrons. The molecule has 4 atom stereocenters. The molecule has 2 saturated carbocycles. The second-order valence-corrected chi connectivity index (χ2v) is 11.4. The molecule has 0 amide bonds. The summed E-state index contributed by atoms with van der Waals surface area (Å²) < 4.78 is 0. The van der Waals surface area contributed by atoms with Crippen molar-refractivity contribution in [2.75, 3.05) is 0 Å². The van der Waals surface area contributed by atoms with E-state index >= 15 is 0 Å². The average Bonchev–Trinajstić information content (AvgIpc) is 2.92. The van der Waals surface area contributed by atoms with Crippen molar-refractivity contribution in [1.82, 2.24) is 15.0 Å². The highest BCUT2D eigenvalue weighted by Crippen LogP contribution is 2.54. The van der Waals surface area contributed by atoms with E-state index in [1.807, 2.05) is 60.7 Å². The summed E-state index contributed by atoms with van der Waals surface area (Å²) in [5.41, 5.74) is 4.75. The summed E-state index contributed by atoms with van der Waals surface area (Å²) in [6.45, 7) is 4.80. The van der Waals surface area contributed by atoms with Gasteiger partial charge in [-0.05, 0) is 73.0 Å². The lowest BCUT2D eigenvalue weighted by atomic mass is 9.54. The van der Waals surface area contributed by atoms with Gasteiger partial charge in [0, 0.05) is 16.7 Å². The SMILES string of the molecule is C[C@@H]1C[C@@H]2C[C@H](C)CC(c3ccc(-c4nc(-c5ccccc5)nc(-c5ccccc5)n4)c(C#N)c3)(C1)C2. The van der Waals surface area contributed by atoms with Crippen LogP contribution in [-0.2, 0) is 5.41 Å². The Morgan fingerprint density at radius 3 is 1.78 bits per heavy atom. The Morgan fingerprint density at radius 1 is 0.703 bits per heavy atom. The Labute approximate surface area is 219 Å². The zero-order valence-corrected chi connectivity index (χ0v) is 21.6. The van der Waals surface area contributed by atoms with Crippen LogP contribution in [0.4, 0.5) is 0 Å². The van der Waals surface area contributed by atoms with Gasteiger partial charge in [0.25, 0.3) is 0 Å². The van der Waals surface area contributed by atoms with Crippen molar-refractivity contribution in [3.05, 3.63) is 90.0 Å². The van der Waals surface area contributed by atoms with Crippen LogP contribution in [0.15, 0.2) is 78.9 Å². The molecule has 6 rings (SSSR count). The predicted molar refractivity (Wildman–Crippen MR) is 147 cm³/mol. The fourth-order valence-electron chi connectivity index (χ4n) is 7.15. The van der Waals surface area contributed by atoms with Crippen molar-refractivity contribution in [2.45, 2.75) is 51.4 Å². The molecule has 4 nitrogen and oxygen atoms in total. The summed E-state index contributed by atoms with van der Waals surface area (Å²) in [5, 5.41) is 10.3. The molecule has 0 aliphatic heterocycles. The van der Waals surface area contributed by atoms with Gasteiger partial charge in [-0.15, -0.1) is 0 Å². The van der Waals surface area contributed by atoms with Gasteiger partial charge >= 0.3 is 0 Å². The largest absolute Gasteiger partial charge is 0.208 e. The Kier molecular flexibility index (Phi) is 6.08. The summed E-state index contributed by atoms with van der Waals surface area (Å²) in [6, 6.07) is 28.9. The molecule has 1 aromatic heterocycles. The number of nitrogens with zero attached hydrogens (tertiary/aromatic N) is 4. The van der Waals surface area contributed by atoms with Crippen LogP contribution in [-0.4, -0.2) is 15.0 Å². The van der Waals surface area contributed by atoms with E-state index in [4.69, 9.17) is 15.0 Å². The zero-order valence-electron chi connectivity index (χ0n) is 21.6. The quantitative estimate of drug-likeness (QED) is 0.296. The van der Waals surface area contributed by atoms with E-state index in [1.165, 1.54) is 37.7 Å². The molecule has 1 unspecified atom stereocenters.